The Morgan fingerprint density at radius 3 is 3.06 bits per heavy atom. The van der Waals surface area contributed by atoms with Crippen LogP contribution in [0.25, 0.3) is 0 Å². The molecule has 0 saturated carbocycles. The van der Waals surface area contributed by atoms with Crippen LogP contribution in [0.3, 0.4) is 0 Å². The standard InChI is InChI=1S/C13H18N2O2/c1-2-14-13(16)15-8-10-7-11-5-3-4-6-12(11)17-9-10/h3-6,10H,2,7-9H2,1H3,(H2,14,15,16). The van der Waals surface area contributed by atoms with Gasteiger partial charge in [0.15, 0.2) is 0 Å². The SMILES string of the molecule is CCNC(=O)NCC1COc2ccccc2C1. The van der Waals surface area contributed by atoms with Crippen LogP contribution in [-0.2, 0) is 6.42 Å². The maximum absolute atomic E-state index is 11.3. The summed E-state index contributed by atoms with van der Waals surface area (Å²) in [5.41, 5.74) is 1.22. The van der Waals surface area contributed by atoms with Gasteiger partial charge in [-0.25, -0.2) is 4.79 Å². The van der Waals surface area contributed by atoms with Crippen LogP contribution in [-0.4, -0.2) is 25.7 Å². The number of carbonyl (C=O) groups excluding carboxylic acids is 1. The molecule has 0 aromatic heterocycles. The number of para-hydroxylation sites is 1. The second-order valence-corrected chi connectivity index (χ2v) is 4.23. The summed E-state index contributed by atoms with van der Waals surface area (Å²) in [4.78, 5) is 11.3. The monoisotopic (exact) mass is 234 g/mol. The summed E-state index contributed by atoms with van der Waals surface area (Å²) in [6, 6.07) is 7.95. The van der Waals surface area contributed by atoms with Crippen LogP contribution in [0.15, 0.2) is 24.3 Å². The molecule has 2 rings (SSSR count). The highest BCUT2D eigenvalue weighted by molar-refractivity contribution is 5.73. The summed E-state index contributed by atoms with van der Waals surface area (Å²) in [6.07, 6.45) is 0.961. The Kier molecular flexibility index (Phi) is 3.85. The third-order valence-corrected chi connectivity index (χ3v) is 2.84. The first-order chi connectivity index (χ1) is 8.29. The molecule has 0 bridgehead atoms. The molecule has 4 nitrogen and oxygen atoms in total. The van der Waals surface area contributed by atoms with E-state index in [1.54, 1.807) is 0 Å². The zero-order valence-electron chi connectivity index (χ0n) is 10.0. The van der Waals surface area contributed by atoms with Gasteiger partial charge in [-0.3, -0.25) is 0 Å². The molecule has 0 saturated heterocycles. The molecule has 1 heterocycles. The Hall–Kier alpha value is -1.71. The topological polar surface area (TPSA) is 50.4 Å². The Morgan fingerprint density at radius 2 is 2.24 bits per heavy atom. The normalized spacial score (nSPS) is 17.8. The highest BCUT2D eigenvalue weighted by Gasteiger charge is 2.19. The fraction of sp³-hybridized carbons (Fsp3) is 0.462. The third-order valence-electron chi connectivity index (χ3n) is 2.84. The molecule has 4 heteroatoms. The van der Waals surface area contributed by atoms with Crippen LogP contribution in [0.2, 0.25) is 0 Å². The van der Waals surface area contributed by atoms with Gasteiger partial charge in [-0.05, 0) is 25.0 Å². The number of ether oxygens (including phenoxy) is 1. The van der Waals surface area contributed by atoms with E-state index in [0.29, 0.717) is 25.6 Å². The van der Waals surface area contributed by atoms with E-state index in [9.17, 15) is 4.79 Å². The minimum absolute atomic E-state index is 0.105. The van der Waals surface area contributed by atoms with Gasteiger partial charge in [0.25, 0.3) is 0 Å². The molecule has 0 radical (unpaired) electrons. The first-order valence-electron chi connectivity index (χ1n) is 6.02. The second kappa shape index (κ2) is 5.57. The largest absolute Gasteiger partial charge is 0.493 e. The van der Waals surface area contributed by atoms with Gasteiger partial charge in [0, 0.05) is 19.0 Å². The van der Waals surface area contributed by atoms with Gasteiger partial charge in [0.1, 0.15) is 5.75 Å². The molecule has 2 N–H and O–H groups in total. The van der Waals surface area contributed by atoms with Gasteiger partial charge in [-0.2, -0.15) is 0 Å². The molecule has 92 valence electrons. The molecule has 1 aromatic carbocycles. The highest BCUT2D eigenvalue weighted by Crippen LogP contribution is 2.26. The molecular weight excluding hydrogens is 216 g/mol. The molecule has 0 spiro atoms. The molecule has 2 amide bonds. The molecule has 1 aliphatic rings. The lowest BCUT2D eigenvalue weighted by Gasteiger charge is -2.25. The molecule has 17 heavy (non-hydrogen) atoms. The Bertz CT molecular complexity index is 393. The van der Waals surface area contributed by atoms with E-state index in [1.807, 2.05) is 25.1 Å². The van der Waals surface area contributed by atoms with Crippen molar-refractivity contribution in [2.75, 3.05) is 19.7 Å². The number of nitrogens with one attached hydrogen (secondary N) is 2. The number of rotatable bonds is 3. The minimum atomic E-state index is -0.105. The maximum atomic E-state index is 11.3. The lowest BCUT2D eigenvalue weighted by atomic mass is 9.97. The lowest BCUT2D eigenvalue weighted by Crippen LogP contribution is -2.40. The van der Waals surface area contributed by atoms with Crippen molar-refractivity contribution < 1.29 is 9.53 Å². The van der Waals surface area contributed by atoms with Crippen molar-refractivity contribution in [1.29, 1.82) is 0 Å². The minimum Gasteiger partial charge on any atom is -0.493 e. The average Bonchev–Trinajstić information content (AvgIpc) is 2.36. The molecule has 1 aliphatic heterocycles. The summed E-state index contributed by atoms with van der Waals surface area (Å²) in [7, 11) is 0. The fourth-order valence-electron chi connectivity index (χ4n) is 1.98. The van der Waals surface area contributed by atoms with E-state index in [4.69, 9.17) is 4.74 Å². The Balaban J connectivity index is 1.84. The highest BCUT2D eigenvalue weighted by atomic mass is 16.5. The number of benzene rings is 1. The number of urea groups is 1. The van der Waals surface area contributed by atoms with Crippen LogP contribution >= 0.6 is 0 Å². The smallest absolute Gasteiger partial charge is 0.314 e. The zero-order chi connectivity index (χ0) is 12.1. The van der Waals surface area contributed by atoms with Crippen molar-refractivity contribution in [3.8, 4) is 5.75 Å². The van der Waals surface area contributed by atoms with Gasteiger partial charge < -0.3 is 15.4 Å². The van der Waals surface area contributed by atoms with Gasteiger partial charge in [0.05, 0.1) is 6.61 Å². The first-order valence-corrected chi connectivity index (χ1v) is 6.02. The summed E-state index contributed by atoms with van der Waals surface area (Å²) in [5, 5.41) is 5.57. The predicted octanol–water partition coefficient (Wildman–Crippen LogP) is 1.56. The average molecular weight is 234 g/mol. The van der Waals surface area contributed by atoms with E-state index in [1.165, 1.54) is 5.56 Å². The number of amides is 2. The summed E-state index contributed by atoms with van der Waals surface area (Å²) >= 11 is 0. The Morgan fingerprint density at radius 1 is 1.41 bits per heavy atom. The maximum Gasteiger partial charge on any atom is 0.314 e. The van der Waals surface area contributed by atoms with Crippen molar-refractivity contribution in [2.24, 2.45) is 5.92 Å². The molecule has 1 atom stereocenters. The quantitative estimate of drug-likeness (QED) is 0.833. The summed E-state index contributed by atoms with van der Waals surface area (Å²) in [6.45, 7) is 3.87. The van der Waals surface area contributed by atoms with Crippen LogP contribution in [0.5, 0.6) is 5.75 Å². The first kappa shape index (κ1) is 11.8. The van der Waals surface area contributed by atoms with Crippen LogP contribution < -0.4 is 15.4 Å². The van der Waals surface area contributed by atoms with E-state index < -0.39 is 0 Å². The third kappa shape index (κ3) is 3.12. The molecule has 1 unspecified atom stereocenters. The van der Waals surface area contributed by atoms with E-state index in [2.05, 4.69) is 16.7 Å². The van der Waals surface area contributed by atoms with E-state index in [0.717, 1.165) is 12.2 Å². The molecular formula is C13H18N2O2. The summed E-state index contributed by atoms with van der Waals surface area (Å²) < 4.78 is 5.66. The van der Waals surface area contributed by atoms with Gasteiger partial charge >= 0.3 is 6.03 Å². The van der Waals surface area contributed by atoms with Crippen molar-refractivity contribution in [2.45, 2.75) is 13.3 Å². The number of hydrogen-bond donors (Lipinski definition) is 2. The molecule has 0 aliphatic carbocycles. The fourth-order valence-corrected chi connectivity index (χ4v) is 1.98. The zero-order valence-corrected chi connectivity index (χ0v) is 10.0. The van der Waals surface area contributed by atoms with E-state index in [-0.39, 0.29) is 6.03 Å². The molecule has 1 aromatic rings. The van der Waals surface area contributed by atoms with Crippen LogP contribution in [0.1, 0.15) is 12.5 Å². The second-order valence-electron chi connectivity index (χ2n) is 4.23. The number of hydrogen-bond acceptors (Lipinski definition) is 2. The van der Waals surface area contributed by atoms with Crippen molar-refractivity contribution in [1.82, 2.24) is 10.6 Å². The van der Waals surface area contributed by atoms with Gasteiger partial charge in [-0.1, -0.05) is 18.2 Å². The van der Waals surface area contributed by atoms with Gasteiger partial charge in [0.2, 0.25) is 0 Å². The summed E-state index contributed by atoms with van der Waals surface area (Å²) in [5.74, 6) is 1.33. The van der Waals surface area contributed by atoms with E-state index >= 15 is 0 Å². The van der Waals surface area contributed by atoms with Crippen molar-refractivity contribution in [3.63, 3.8) is 0 Å². The van der Waals surface area contributed by atoms with Crippen LogP contribution in [0, 0.1) is 5.92 Å². The lowest BCUT2D eigenvalue weighted by molar-refractivity contribution is 0.211. The molecule has 0 fully saturated rings. The van der Waals surface area contributed by atoms with Crippen molar-refractivity contribution in [3.05, 3.63) is 29.8 Å². The number of fused-ring (bicyclic) bond motifs is 1. The van der Waals surface area contributed by atoms with Crippen LogP contribution in [0.4, 0.5) is 4.79 Å². The van der Waals surface area contributed by atoms with Crippen molar-refractivity contribution >= 4 is 6.03 Å². The predicted molar refractivity (Wildman–Crippen MR) is 66.2 cm³/mol. The Labute approximate surface area is 101 Å². The number of carbonyl (C=O) groups is 1. The van der Waals surface area contributed by atoms with Gasteiger partial charge in [-0.15, -0.1) is 0 Å².